The van der Waals surface area contributed by atoms with E-state index in [4.69, 9.17) is 4.74 Å². The fourth-order valence-corrected chi connectivity index (χ4v) is 3.35. The molecule has 0 bridgehead atoms. The number of nitrogens with one attached hydrogen (secondary N) is 2. The van der Waals surface area contributed by atoms with Crippen molar-refractivity contribution in [2.75, 3.05) is 13.7 Å². The predicted molar refractivity (Wildman–Crippen MR) is 91.3 cm³/mol. The molecule has 8 heteroatoms. The molecule has 0 fully saturated rings. The Balaban J connectivity index is 2.63. The highest BCUT2D eigenvalue weighted by molar-refractivity contribution is 14.1. The van der Waals surface area contributed by atoms with Crippen molar-refractivity contribution < 1.29 is 14.5 Å². The van der Waals surface area contributed by atoms with Gasteiger partial charge in [0.15, 0.2) is 0 Å². The van der Waals surface area contributed by atoms with Crippen LogP contribution in [0.4, 0.5) is 5.69 Å². The Morgan fingerprint density at radius 3 is 2.77 bits per heavy atom. The van der Waals surface area contributed by atoms with Crippen LogP contribution in [0.15, 0.2) is 6.07 Å². The van der Waals surface area contributed by atoms with Gasteiger partial charge in [-0.3, -0.25) is 14.9 Å². The first-order valence-electron chi connectivity index (χ1n) is 6.63. The van der Waals surface area contributed by atoms with Crippen LogP contribution in [0.1, 0.15) is 18.1 Å². The zero-order valence-corrected chi connectivity index (χ0v) is 14.6. The van der Waals surface area contributed by atoms with Crippen molar-refractivity contribution in [2.24, 2.45) is 0 Å². The molecule has 2 N–H and O–H groups in total. The number of fused-ring (bicyclic) bond motifs is 1. The minimum Gasteiger partial charge on any atom is -0.490 e. The van der Waals surface area contributed by atoms with Gasteiger partial charge < -0.3 is 15.0 Å². The number of nitro groups is 1. The molecule has 0 spiro atoms. The summed E-state index contributed by atoms with van der Waals surface area (Å²) in [5.74, 6) is 0.145. The number of aromatic amines is 1. The molecule has 1 amide bonds. The molecular weight excluding hydrogens is 401 g/mol. The zero-order valence-electron chi connectivity index (χ0n) is 12.4. The molecule has 7 nitrogen and oxygen atoms in total. The number of aryl methyl sites for hydroxylation is 1. The van der Waals surface area contributed by atoms with Crippen LogP contribution in [-0.4, -0.2) is 29.5 Å². The van der Waals surface area contributed by atoms with Crippen LogP contribution in [0, 0.1) is 20.7 Å². The van der Waals surface area contributed by atoms with E-state index < -0.39 is 4.92 Å². The van der Waals surface area contributed by atoms with E-state index in [1.165, 1.54) is 14.0 Å². The van der Waals surface area contributed by atoms with Gasteiger partial charge in [-0.2, -0.15) is 0 Å². The Kier molecular flexibility index (Phi) is 4.89. The largest absolute Gasteiger partial charge is 0.490 e. The third-order valence-corrected chi connectivity index (χ3v) is 4.31. The van der Waals surface area contributed by atoms with E-state index in [-0.39, 0.29) is 17.3 Å². The van der Waals surface area contributed by atoms with E-state index in [1.54, 1.807) is 6.92 Å². The molecule has 0 aliphatic heterocycles. The van der Waals surface area contributed by atoms with Crippen molar-refractivity contribution in [3.05, 3.63) is 31.0 Å². The number of amides is 1. The number of hydrogen-bond donors (Lipinski definition) is 2. The summed E-state index contributed by atoms with van der Waals surface area (Å²) in [4.78, 5) is 25.3. The van der Waals surface area contributed by atoms with Crippen LogP contribution in [0.2, 0.25) is 0 Å². The average Bonchev–Trinajstić information content (AvgIpc) is 2.72. The number of carbonyl (C=O) groups is 1. The maximum atomic E-state index is 11.5. The van der Waals surface area contributed by atoms with Crippen LogP contribution in [0.3, 0.4) is 0 Å². The first-order valence-corrected chi connectivity index (χ1v) is 7.71. The van der Waals surface area contributed by atoms with Gasteiger partial charge in [0, 0.05) is 24.6 Å². The topological polar surface area (TPSA) is 97.3 Å². The SMILES string of the molecule is COc1c(C)cc2[nH]c(I)c(CCNC(C)=O)c2c1[N+](=O)[O-]. The fraction of sp³-hybridized carbons (Fsp3) is 0.357. The number of nitro benzene ring substituents is 1. The second-order valence-corrected chi connectivity index (χ2v) is 5.98. The second-order valence-electron chi connectivity index (χ2n) is 4.91. The molecule has 118 valence electrons. The van der Waals surface area contributed by atoms with E-state index in [2.05, 4.69) is 32.9 Å². The number of hydrogen-bond acceptors (Lipinski definition) is 4. The molecule has 0 radical (unpaired) electrons. The van der Waals surface area contributed by atoms with Gasteiger partial charge in [-0.1, -0.05) is 0 Å². The molecule has 1 aromatic heterocycles. The molecule has 2 rings (SSSR count). The van der Waals surface area contributed by atoms with Crippen LogP contribution in [-0.2, 0) is 11.2 Å². The number of ether oxygens (including phenoxy) is 1. The van der Waals surface area contributed by atoms with Gasteiger partial charge in [0.25, 0.3) is 0 Å². The molecule has 1 heterocycles. The van der Waals surface area contributed by atoms with Crippen molar-refractivity contribution >= 4 is 45.1 Å². The third kappa shape index (κ3) is 3.01. The lowest BCUT2D eigenvalue weighted by Crippen LogP contribution is -2.22. The highest BCUT2D eigenvalue weighted by atomic mass is 127. The number of nitrogens with zero attached hydrogens (tertiary/aromatic N) is 1. The first kappa shape index (κ1) is 16.5. The van der Waals surface area contributed by atoms with Crippen molar-refractivity contribution in [3.8, 4) is 5.75 Å². The number of aromatic nitrogens is 1. The zero-order chi connectivity index (χ0) is 16.4. The van der Waals surface area contributed by atoms with E-state index in [1.807, 2.05) is 6.07 Å². The minimum absolute atomic E-state index is 0.0329. The van der Waals surface area contributed by atoms with Crippen molar-refractivity contribution in [3.63, 3.8) is 0 Å². The normalized spacial score (nSPS) is 10.7. The maximum absolute atomic E-state index is 11.5. The molecule has 0 unspecified atom stereocenters. The number of H-pyrrole nitrogens is 1. The molecule has 0 saturated heterocycles. The predicted octanol–water partition coefficient (Wildman–Crippen LogP) is 2.68. The number of benzene rings is 1. The van der Waals surface area contributed by atoms with Crippen molar-refractivity contribution in [1.82, 2.24) is 10.3 Å². The molecule has 0 aliphatic rings. The van der Waals surface area contributed by atoms with Crippen molar-refractivity contribution in [1.29, 1.82) is 0 Å². The van der Waals surface area contributed by atoms with E-state index in [0.29, 0.717) is 29.4 Å². The van der Waals surface area contributed by atoms with Gasteiger partial charge in [0.05, 0.1) is 26.6 Å². The highest BCUT2D eigenvalue weighted by Crippen LogP contribution is 2.41. The summed E-state index contributed by atoms with van der Waals surface area (Å²) in [7, 11) is 1.43. The average molecular weight is 417 g/mol. The summed E-state index contributed by atoms with van der Waals surface area (Å²) in [6.45, 7) is 3.64. The second kappa shape index (κ2) is 6.51. The molecule has 1 aromatic carbocycles. The lowest BCUT2D eigenvalue weighted by atomic mass is 10.0. The molecule has 22 heavy (non-hydrogen) atoms. The third-order valence-electron chi connectivity index (χ3n) is 3.39. The maximum Gasteiger partial charge on any atom is 0.320 e. The van der Waals surface area contributed by atoms with E-state index in [0.717, 1.165) is 9.26 Å². The lowest BCUT2D eigenvalue weighted by molar-refractivity contribution is -0.384. The minimum atomic E-state index is -0.417. The summed E-state index contributed by atoms with van der Waals surface area (Å²) in [6.07, 6.45) is 0.505. The molecule has 2 aromatic rings. The van der Waals surface area contributed by atoms with Crippen LogP contribution in [0.5, 0.6) is 5.75 Å². The number of rotatable bonds is 5. The molecule has 0 aliphatic carbocycles. The monoisotopic (exact) mass is 417 g/mol. The van der Waals surface area contributed by atoms with Gasteiger partial charge in [0.1, 0.15) is 0 Å². The lowest BCUT2D eigenvalue weighted by Gasteiger charge is -2.08. The Bertz CT molecular complexity index is 754. The summed E-state index contributed by atoms with van der Waals surface area (Å²) in [6, 6.07) is 1.84. The fourth-order valence-electron chi connectivity index (χ4n) is 2.52. The Morgan fingerprint density at radius 1 is 1.55 bits per heavy atom. The standard InChI is InChI=1S/C14H16IN3O4/c1-7-6-10-11(12(18(20)21)13(7)22-3)9(14(15)17-10)4-5-16-8(2)19/h6,17H,4-5H2,1-3H3,(H,16,19). The van der Waals surface area contributed by atoms with Crippen LogP contribution < -0.4 is 10.1 Å². The smallest absolute Gasteiger partial charge is 0.320 e. The highest BCUT2D eigenvalue weighted by Gasteiger charge is 2.27. The van der Waals surface area contributed by atoms with Gasteiger partial charge in [-0.25, -0.2) is 0 Å². The molecule has 0 saturated carbocycles. The van der Waals surface area contributed by atoms with Gasteiger partial charge in [-0.15, -0.1) is 0 Å². The Labute approximate surface area is 140 Å². The first-order chi connectivity index (χ1) is 10.4. The number of halogens is 1. The summed E-state index contributed by atoms with van der Waals surface area (Å²) >= 11 is 2.11. The van der Waals surface area contributed by atoms with Gasteiger partial charge >= 0.3 is 5.69 Å². The summed E-state index contributed by atoms with van der Waals surface area (Å²) in [5, 5.41) is 14.8. The van der Waals surface area contributed by atoms with E-state index >= 15 is 0 Å². The summed E-state index contributed by atoms with van der Waals surface area (Å²) in [5.41, 5.74) is 2.18. The molecular formula is C14H16IN3O4. The Morgan fingerprint density at radius 2 is 2.23 bits per heavy atom. The summed E-state index contributed by atoms with van der Waals surface area (Å²) < 4.78 is 6.05. The van der Waals surface area contributed by atoms with Gasteiger partial charge in [-0.05, 0) is 42.0 Å². The van der Waals surface area contributed by atoms with Crippen molar-refractivity contribution in [2.45, 2.75) is 20.3 Å². The van der Waals surface area contributed by atoms with Crippen LogP contribution in [0.25, 0.3) is 10.9 Å². The molecule has 0 atom stereocenters. The number of methoxy groups -OCH3 is 1. The van der Waals surface area contributed by atoms with E-state index in [9.17, 15) is 14.9 Å². The Hall–Kier alpha value is -1.84. The quantitative estimate of drug-likeness (QED) is 0.444. The number of carbonyl (C=O) groups excluding carboxylic acids is 1. The van der Waals surface area contributed by atoms with Gasteiger partial charge in [0.2, 0.25) is 11.7 Å². The van der Waals surface area contributed by atoms with Crippen LogP contribution >= 0.6 is 22.6 Å².